The van der Waals surface area contributed by atoms with E-state index in [9.17, 15) is 18.3 Å². The quantitative estimate of drug-likeness (QED) is 0.486. The molecule has 0 aliphatic carbocycles. The molecule has 9 heteroatoms. The molecule has 30 heavy (non-hydrogen) atoms. The zero-order chi connectivity index (χ0) is 21.9. The first kappa shape index (κ1) is 21.9. The molecule has 4 N–H and O–H groups in total. The lowest BCUT2D eigenvalue weighted by atomic mass is 10.0. The van der Waals surface area contributed by atoms with Gasteiger partial charge in [0.05, 0.1) is 11.1 Å². The van der Waals surface area contributed by atoms with E-state index in [4.69, 9.17) is 17.3 Å². The number of nitrogens with one attached hydrogen (secondary N) is 1. The van der Waals surface area contributed by atoms with Crippen LogP contribution in [0.3, 0.4) is 0 Å². The number of phenols is 1. The first-order valence-corrected chi connectivity index (χ1v) is 9.60. The number of halogens is 4. The number of nitrogens with zero attached hydrogens (tertiary/aromatic N) is 2. The fraction of sp³-hybridized carbons (Fsp3) is 0.238. The highest BCUT2D eigenvalue weighted by atomic mass is 35.5. The summed E-state index contributed by atoms with van der Waals surface area (Å²) in [4.78, 5) is 8.76. The molecule has 0 bridgehead atoms. The minimum absolute atomic E-state index is 0.0436. The summed E-state index contributed by atoms with van der Waals surface area (Å²) in [6.07, 6.45) is -2.20. The highest BCUT2D eigenvalue weighted by molar-refractivity contribution is 6.30. The number of benzene rings is 2. The molecule has 0 spiro atoms. The minimum Gasteiger partial charge on any atom is -0.507 e. The van der Waals surface area contributed by atoms with Crippen LogP contribution >= 0.6 is 11.6 Å². The Kier molecular flexibility index (Phi) is 6.48. The first-order chi connectivity index (χ1) is 14.2. The summed E-state index contributed by atoms with van der Waals surface area (Å²) in [5.41, 5.74) is 6.60. The summed E-state index contributed by atoms with van der Waals surface area (Å²) in [6, 6.07) is 9.11. The molecule has 1 heterocycles. The maximum absolute atomic E-state index is 12.9. The van der Waals surface area contributed by atoms with Crippen LogP contribution < -0.4 is 11.1 Å². The fourth-order valence-corrected chi connectivity index (χ4v) is 2.93. The number of nitrogens with two attached hydrogens (primary N) is 1. The summed E-state index contributed by atoms with van der Waals surface area (Å²) < 4.78 is 38.6. The van der Waals surface area contributed by atoms with Crippen molar-refractivity contribution < 1.29 is 18.3 Å². The number of alkyl halides is 3. The molecule has 0 unspecified atom stereocenters. The molecule has 1 aromatic heterocycles. The SMILES string of the molecule is CC[C@@H](N)CNc1nc(-c2cc(Cl)ccc2O)ncc1-c1ccc(C(F)(F)F)cc1. The van der Waals surface area contributed by atoms with Crippen LogP contribution in [0.4, 0.5) is 19.0 Å². The highest BCUT2D eigenvalue weighted by Crippen LogP contribution is 2.35. The van der Waals surface area contributed by atoms with Crippen molar-refractivity contribution in [1.29, 1.82) is 0 Å². The average Bonchev–Trinajstić information content (AvgIpc) is 2.73. The van der Waals surface area contributed by atoms with Gasteiger partial charge in [-0.3, -0.25) is 0 Å². The van der Waals surface area contributed by atoms with Gasteiger partial charge in [0.25, 0.3) is 0 Å². The van der Waals surface area contributed by atoms with E-state index in [1.165, 1.54) is 36.5 Å². The Bertz CT molecular complexity index is 1030. The van der Waals surface area contributed by atoms with Gasteiger partial charge in [0, 0.05) is 29.4 Å². The minimum atomic E-state index is -4.42. The van der Waals surface area contributed by atoms with Crippen molar-refractivity contribution in [3.8, 4) is 28.3 Å². The smallest absolute Gasteiger partial charge is 0.416 e. The van der Waals surface area contributed by atoms with Crippen molar-refractivity contribution in [3.05, 3.63) is 59.2 Å². The highest BCUT2D eigenvalue weighted by Gasteiger charge is 2.30. The molecule has 3 aromatic rings. The largest absolute Gasteiger partial charge is 0.507 e. The van der Waals surface area contributed by atoms with Gasteiger partial charge < -0.3 is 16.2 Å². The van der Waals surface area contributed by atoms with Crippen LogP contribution in [-0.2, 0) is 6.18 Å². The number of hydrogen-bond acceptors (Lipinski definition) is 5. The van der Waals surface area contributed by atoms with Crippen molar-refractivity contribution in [2.45, 2.75) is 25.6 Å². The molecule has 0 aliphatic rings. The zero-order valence-electron chi connectivity index (χ0n) is 16.0. The summed E-state index contributed by atoms with van der Waals surface area (Å²) in [7, 11) is 0. The summed E-state index contributed by atoms with van der Waals surface area (Å²) in [5.74, 6) is 0.569. The number of anilines is 1. The van der Waals surface area contributed by atoms with Crippen molar-refractivity contribution in [2.75, 3.05) is 11.9 Å². The molecule has 1 atom stereocenters. The molecular weight excluding hydrogens is 417 g/mol. The normalized spacial score (nSPS) is 12.6. The van der Waals surface area contributed by atoms with Gasteiger partial charge in [-0.05, 0) is 42.3 Å². The molecule has 0 radical (unpaired) electrons. The molecule has 0 amide bonds. The van der Waals surface area contributed by atoms with Crippen LogP contribution in [0.2, 0.25) is 5.02 Å². The second-order valence-electron chi connectivity index (χ2n) is 6.74. The molecule has 0 saturated heterocycles. The van der Waals surface area contributed by atoms with Crippen LogP contribution in [0.1, 0.15) is 18.9 Å². The van der Waals surface area contributed by atoms with Crippen LogP contribution in [0.25, 0.3) is 22.5 Å². The van der Waals surface area contributed by atoms with E-state index in [0.29, 0.717) is 34.1 Å². The second-order valence-corrected chi connectivity index (χ2v) is 7.18. The monoisotopic (exact) mass is 436 g/mol. The number of aromatic nitrogens is 2. The third kappa shape index (κ3) is 5.01. The van der Waals surface area contributed by atoms with E-state index < -0.39 is 11.7 Å². The summed E-state index contributed by atoms with van der Waals surface area (Å²) in [6.45, 7) is 2.35. The summed E-state index contributed by atoms with van der Waals surface area (Å²) in [5, 5.41) is 13.7. The Hall–Kier alpha value is -2.84. The van der Waals surface area contributed by atoms with Gasteiger partial charge in [0.2, 0.25) is 0 Å². The lowest BCUT2D eigenvalue weighted by Gasteiger charge is -2.16. The number of hydrogen-bond donors (Lipinski definition) is 3. The Morgan fingerprint density at radius 1 is 1.13 bits per heavy atom. The van der Waals surface area contributed by atoms with E-state index in [1.54, 1.807) is 0 Å². The second kappa shape index (κ2) is 8.89. The van der Waals surface area contributed by atoms with Crippen molar-refractivity contribution in [2.24, 2.45) is 5.73 Å². The third-order valence-electron chi connectivity index (χ3n) is 4.57. The Morgan fingerprint density at radius 2 is 1.83 bits per heavy atom. The molecule has 0 fully saturated rings. The topological polar surface area (TPSA) is 84.1 Å². The van der Waals surface area contributed by atoms with Gasteiger partial charge in [0.1, 0.15) is 11.6 Å². The zero-order valence-corrected chi connectivity index (χ0v) is 16.8. The van der Waals surface area contributed by atoms with Crippen molar-refractivity contribution >= 4 is 17.4 Å². The van der Waals surface area contributed by atoms with Gasteiger partial charge in [-0.1, -0.05) is 30.7 Å². The van der Waals surface area contributed by atoms with E-state index in [-0.39, 0.29) is 17.6 Å². The Morgan fingerprint density at radius 3 is 2.47 bits per heavy atom. The molecule has 158 valence electrons. The molecule has 2 aromatic carbocycles. The fourth-order valence-electron chi connectivity index (χ4n) is 2.76. The first-order valence-electron chi connectivity index (χ1n) is 9.22. The van der Waals surface area contributed by atoms with Gasteiger partial charge in [0.15, 0.2) is 5.82 Å². The molecular formula is C21H20ClF3N4O. The van der Waals surface area contributed by atoms with E-state index in [0.717, 1.165) is 18.6 Å². The third-order valence-corrected chi connectivity index (χ3v) is 4.80. The van der Waals surface area contributed by atoms with Crippen LogP contribution in [0.5, 0.6) is 5.75 Å². The van der Waals surface area contributed by atoms with Gasteiger partial charge in [-0.2, -0.15) is 13.2 Å². The predicted molar refractivity (Wildman–Crippen MR) is 111 cm³/mol. The average molecular weight is 437 g/mol. The lowest BCUT2D eigenvalue weighted by molar-refractivity contribution is -0.137. The number of aromatic hydroxyl groups is 1. The van der Waals surface area contributed by atoms with E-state index >= 15 is 0 Å². The Labute approximate surface area is 176 Å². The molecule has 3 rings (SSSR count). The number of phenolic OH excluding ortho intramolecular Hbond substituents is 1. The maximum atomic E-state index is 12.9. The van der Waals surface area contributed by atoms with Gasteiger partial charge in [-0.25, -0.2) is 9.97 Å². The number of rotatable bonds is 6. The standard InChI is InChI=1S/C21H20ClF3N4O/c1-2-15(26)10-27-20-17(12-3-5-13(6-4-12)21(23,24)25)11-28-19(29-20)16-9-14(22)7-8-18(16)30/h3-9,11,15,30H,2,10,26H2,1H3,(H,27,28,29)/t15-/m1/s1. The lowest BCUT2D eigenvalue weighted by Crippen LogP contribution is -2.28. The predicted octanol–water partition coefficient (Wildman–Crippen LogP) is 5.34. The molecule has 0 saturated carbocycles. The molecule has 0 aliphatic heterocycles. The Balaban J connectivity index is 2.04. The maximum Gasteiger partial charge on any atom is 0.416 e. The van der Waals surface area contributed by atoms with Gasteiger partial charge in [-0.15, -0.1) is 0 Å². The van der Waals surface area contributed by atoms with Crippen LogP contribution in [-0.4, -0.2) is 27.7 Å². The van der Waals surface area contributed by atoms with Crippen molar-refractivity contribution in [1.82, 2.24) is 9.97 Å². The van der Waals surface area contributed by atoms with Crippen molar-refractivity contribution in [3.63, 3.8) is 0 Å². The van der Waals surface area contributed by atoms with Crippen LogP contribution in [0.15, 0.2) is 48.7 Å². The van der Waals surface area contributed by atoms with E-state index in [2.05, 4.69) is 15.3 Å². The van der Waals surface area contributed by atoms with Crippen LogP contribution in [0, 0.1) is 0 Å². The molecule has 5 nitrogen and oxygen atoms in total. The summed E-state index contributed by atoms with van der Waals surface area (Å²) >= 11 is 6.02. The van der Waals surface area contributed by atoms with Gasteiger partial charge >= 0.3 is 6.18 Å². The van der Waals surface area contributed by atoms with E-state index in [1.807, 2.05) is 6.92 Å².